The Bertz CT molecular complexity index is 685. The number of carbonyl (C=O) groups excluding carboxylic acids is 1. The smallest absolute Gasteiger partial charge is 0.397 e. The first kappa shape index (κ1) is 14.2. The van der Waals surface area contributed by atoms with Crippen molar-refractivity contribution in [2.45, 2.75) is 6.92 Å². The highest BCUT2D eigenvalue weighted by atomic mass is 79.9. The Kier molecular flexibility index (Phi) is 4.14. The molecule has 0 fully saturated rings. The highest BCUT2D eigenvalue weighted by Crippen LogP contribution is 2.22. The summed E-state index contributed by atoms with van der Waals surface area (Å²) in [4.78, 5) is 21.8. The Hall–Kier alpha value is -2.21. The zero-order valence-electron chi connectivity index (χ0n) is 10.5. The molecular formula is C14H10BrNO4. The van der Waals surface area contributed by atoms with E-state index in [0.717, 1.165) is 17.2 Å². The van der Waals surface area contributed by atoms with Crippen LogP contribution in [0.25, 0.3) is 6.08 Å². The van der Waals surface area contributed by atoms with Crippen molar-refractivity contribution in [3.8, 4) is 0 Å². The van der Waals surface area contributed by atoms with Crippen molar-refractivity contribution >= 4 is 33.7 Å². The van der Waals surface area contributed by atoms with E-state index in [1.807, 2.05) is 31.2 Å². The fraction of sp³-hybridized carbons (Fsp3) is 0.0714. The lowest BCUT2D eigenvalue weighted by Crippen LogP contribution is -1.96. The van der Waals surface area contributed by atoms with Crippen LogP contribution in [0.15, 0.2) is 45.3 Å². The number of allylic oxidation sites excluding steroid dienone is 1. The van der Waals surface area contributed by atoms with Crippen LogP contribution in [0.5, 0.6) is 0 Å². The van der Waals surface area contributed by atoms with Gasteiger partial charge in [0.05, 0.1) is 10.5 Å². The van der Waals surface area contributed by atoms with Crippen molar-refractivity contribution in [3.63, 3.8) is 0 Å². The number of rotatable bonds is 4. The van der Waals surface area contributed by atoms with Crippen LogP contribution in [-0.4, -0.2) is 10.7 Å². The first-order valence-electron chi connectivity index (χ1n) is 5.70. The second-order valence-electron chi connectivity index (χ2n) is 4.13. The summed E-state index contributed by atoms with van der Waals surface area (Å²) >= 11 is 3.16. The fourth-order valence-electron chi connectivity index (χ4n) is 1.54. The van der Waals surface area contributed by atoms with Crippen molar-refractivity contribution in [1.29, 1.82) is 0 Å². The topological polar surface area (TPSA) is 73.3 Å². The minimum Gasteiger partial charge on any atom is -0.397 e. The number of hydrogen-bond donors (Lipinski definition) is 0. The first-order valence-corrected chi connectivity index (χ1v) is 6.49. The molecule has 1 aromatic carbocycles. The van der Waals surface area contributed by atoms with Gasteiger partial charge in [-0.05, 0) is 40.6 Å². The zero-order valence-corrected chi connectivity index (χ0v) is 12.1. The van der Waals surface area contributed by atoms with Gasteiger partial charge in [-0.2, -0.15) is 0 Å². The first-order chi connectivity index (χ1) is 9.47. The predicted octanol–water partition coefficient (Wildman–Crippen LogP) is 4.11. The second kappa shape index (κ2) is 5.83. The summed E-state index contributed by atoms with van der Waals surface area (Å²) in [5.74, 6) is -0.977. The van der Waals surface area contributed by atoms with Gasteiger partial charge in [0.25, 0.3) is 0 Å². The average molecular weight is 336 g/mol. The molecule has 0 spiro atoms. The van der Waals surface area contributed by atoms with Gasteiger partial charge < -0.3 is 4.42 Å². The molecular weight excluding hydrogens is 326 g/mol. The lowest BCUT2D eigenvalue weighted by atomic mass is 10.1. The number of hydrogen-bond acceptors (Lipinski definition) is 4. The van der Waals surface area contributed by atoms with Gasteiger partial charge in [-0.25, -0.2) is 0 Å². The van der Waals surface area contributed by atoms with Crippen LogP contribution < -0.4 is 0 Å². The van der Waals surface area contributed by atoms with Crippen LogP contribution in [0.3, 0.4) is 0 Å². The van der Waals surface area contributed by atoms with E-state index >= 15 is 0 Å². The Morgan fingerprint density at radius 3 is 2.45 bits per heavy atom. The van der Waals surface area contributed by atoms with Crippen molar-refractivity contribution in [1.82, 2.24) is 0 Å². The van der Waals surface area contributed by atoms with Gasteiger partial charge in [-0.15, -0.1) is 0 Å². The lowest BCUT2D eigenvalue weighted by Gasteiger charge is -1.98. The van der Waals surface area contributed by atoms with E-state index in [4.69, 9.17) is 4.42 Å². The van der Waals surface area contributed by atoms with Gasteiger partial charge in [-0.3, -0.25) is 14.9 Å². The average Bonchev–Trinajstić information content (AvgIpc) is 2.90. The van der Waals surface area contributed by atoms with Crippen LogP contribution in [0.1, 0.15) is 21.7 Å². The Balaban J connectivity index is 2.23. The van der Waals surface area contributed by atoms with Gasteiger partial charge in [-0.1, -0.05) is 29.8 Å². The normalized spacial score (nSPS) is 11.4. The second-order valence-corrected chi connectivity index (χ2v) is 4.98. The van der Waals surface area contributed by atoms with Crippen molar-refractivity contribution in [2.75, 3.05) is 0 Å². The fourth-order valence-corrected chi connectivity index (χ4v) is 2.00. The van der Waals surface area contributed by atoms with Gasteiger partial charge >= 0.3 is 5.88 Å². The van der Waals surface area contributed by atoms with E-state index in [-0.39, 0.29) is 10.2 Å². The molecule has 20 heavy (non-hydrogen) atoms. The van der Waals surface area contributed by atoms with Gasteiger partial charge in [0.1, 0.15) is 4.92 Å². The SMILES string of the molecule is Cc1ccc(/C=C(/Br)C(=O)c2ccc([N+](=O)[O-])o2)cc1. The summed E-state index contributed by atoms with van der Waals surface area (Å²) in [6.07, 6.45) is 1.64. The zero-order chi connectivity index (χ0) is 14.7. The number of carbonyl (C=O) groups is 1. The molecule has 0 aliphatic heterocycles. The molecule has 2 aromatic rings. The Labute approximate surface area is 123 Å². The van der Waals surface area contributed by atoms with Crippen LogP contribution >= 0.6 is 15.9 Å². The summed E-state index contributed by atoms with van der Waals surface area (Å²) in [5, 5.41) is 10.5. The maximum Gasteiger partial charge on any atom is 0.433 e. The molecule has 0 bridgehead atoms. The van der Waals surface area contributed by atoms with E-state index < -0.39 is 16.6 Å². The van der Waals surface area contributed by atoms with Crippen LogP contribution in [0.4, 0.5) is 5.88 Å². The van der Waals surface area contributed by atoms with Crippen LogP contribution in [-0.2, 0) is 0 Å². The molecule has 0 unspecified atom stereocenters. The molecule has 0 saturated carbocycles. The minimum atomic E-state index is -0.686. The highest BCUT2D eigenvalue weighted by molar-refractivity contribution is 9.12. The molecule has 1 heterocycles. The predicted molar refractivity (Wildman–Crippen MR) is 77.8 cm³/mol. The molecule has 2 rings (SSSR count). The number of benzene rings is 1. The standard InChI is InChI=1S/C14H10BrNO4/c1-9-2-4-10(5-3-9)8-11(15)14(17)12-6-7-13(20-12)16(18)19/h2-8H,1H3/b11-8+. The third kappa shape index (κ3) is 3.21. The molecule has 102 valence electrons. The maximum absolute atomic E-state index is 12.0. The molecule has 6 heteroatoms. The summed E-state index contributed by atoms with van der Waals surface area (Å²) < 4.78 is 5.13. The minimum absolute atomic E-state index is 0.0769. The molecule has 0 aliphatic rings. The third-order valence-electron chi connectivity index (χ3n) is 2.58. The molecule has 0 N–H and O–H groups in total. The van der Waals surface area contributed by atoms with Crippen LogP contribution in [0, 0.1) is 17.0 Å². The number of aryl methyl sites for hydroxylation is 1. The van der Waals surface area contributed by atoms with E-state index in [9.17, 15) is 14.9 Å². The van der Waals surface area contributed by atoms with Gasteiger partial charge in [0.15, 0.2) is 5.76 Å². The quantitative estimate of drug-likeness (QED) is 0.364. The van der Waals surface area contributed by atoms with Crippen molar-refractivity contribution in [2.24, 2.45) is 0 Å². The summed E-state index contributed by atoms with van der Waals surface area (Å²) in [6.45, 7) is 1.97. The summed E-state index contributed by atoms with van der Waals surface area (Å²) in [6, 6.07) is 10.0. The Morgan fingerprint density at radius 1 is 1.25 bits per heavy atom. The van der Waals surface area contributed by atoms with E-state index in [1.165, 1.54) is 6.07 Å². The van der Waals surface area contributed by atoms with E-state index in [1.54, 1.807) is 6.08 Å². The lowest BCUT2D eigenvalue weighted by molar-refractivity contribution is -0.402. The molecule has 0 atom stereocenters. The number of halogens is 1. The number of nitro groups is 1. The summed E-state index contributed by atoms with van der Waals surface area (Å²) in [7, 11) is 0. The monoisotopic (exact) mass is 335 g/mol. The maximum atomic E-state index is 12.0. The number of nitrogens with zero attached hydrogens (tertiary/aromatic N) is 1. The molecule has 0 saturated heterocycles. The molecule has 5 nitrogen and oxygen atoms in total. The number of furan rings is 1. The third-order valence-corrected chi connectivity index (χ3v) is 3.17. The van der Waals surface area contributed by atoms with Crippen molar-refractivity contribution in [3.05, 3.63) is 67.9 Å². The van der Waals surface area contributed by atoms with Crippen molar-refractivity contribution < 1.29 is 14.1 Å². The molecule has 0 radical (unpaired) electrons. The number of Topliss-reactive ketones (excluding diaryl/α,β-unsaturated/α-hetero) is 1. The summed E-state index contributed by atoms with van der Waals surface area (Å²) in [5.41, 5.74) is 1.96. The van der Waals surface area contributed by atoms with Gasteiger partial charge in [0.2, 0.25) is 5.78 Å². The van der Waals surface area contributed by atoms with Gasteiger partial charge in [0, 0.05) is 0 Å². The molecule has 0 amide bonds. The molecule has 0 aliphatic carbocycles. The van der Waals surface area contributed by atoms with E-state index in [2.05, 4.69) is 15.9 Å². The number of ketones is 1. The largest absolute Gasteiger partial charge is 0.433 e. The molecule has 1 aromatic heterocycles. The van der Waals surface area contributed by atoms with Crippen LogP contribution in [0.2, 0.25) is 0 Å². The van der Waals surface area contributed by atoms with E-state index in [0.29, 0.717) is 0 Å². The highest BCUT2D eigenvalue weighted by Gasteiger charge is 2.19. The Morgan fingerprint density at radius 2 is 1.90 bits per heavy atom.